The average Bonchev–Trinajstić information content (AvgIpc) is 2.01. The maximum Gasteiger partial charge on any atom is 0.418 e. The van der Waals surface area contributed by atoms with Gasteiger partial charge < -0.3 is 5.11 Å². The number of alkyl halides is 3. The van der Waals surface area contributed by atoms with Gasteiger partial charge in [0.2, 0.25) is 0 Å². The second kappa shape index (κ2) is 3.49. The van der Waals surface area contributed by atoms with E-state index in [4.69, 9.17) is 5.11 Å². The summed E-state index contributed by atoms with van der Waals surface area (Å²) in [4.78, 5) is 0. The number of aliphatic hydroxyl groups is 1. The van der Waals surface area contributed by atoms with Gasteiger partial charge in [-0.1, -0.05) is 6.08 Å². The molecule has 1 aliphatic rings. The van der Waals surface area contributed by atoms with Gasteiger partial charge in [-0.2, -0.15) is 13.2 Å². The minimum atomic E-state index is -4.74. The Morgan fingerprint density at radius 3 is 2.46 bits per heavy atom. The van der Waals surface area contributed by atoms with Gasteiger partial charge >= 0.3 is 6.18 Å². The van der Waals surface area contributed by atoms with Crippen LogP contribution in [0.5, 0.6) is 0 Å². The summed E-state index contributed by atoms with van der Waals surface area (Å²) >= 11 is 0. The van der Waals surface area contributed by atoms with Gasteiger partial charge in [-0.15, -0.1) is 0 Å². The zero-order chi connectivity index (χ0) is 10.1. The summed E-state index contributed by atoms with van der Waals surface area (Å²) < 4.78 is 48.2. The molecule has 13 heavy (non-hydrogen) atoms. The van der Waals surface area contributed by atoms with Crippen LogP contribution in [-0.2, 0) is 0 Å². The lowest BCUT2D eigenvalue weighted by atomic mass is 10.0. The number of allylic oxidation sites excluding steroid dienone is 2. The van der Waals surface area contributed by atoms with E-state index in [0.717, 1.165) is 12.5 Å². The van der Waals surface area contributed by atoms with Crippen molar-refractivity contribution in [3.8, 4) is 0 Å². The Balaban J connectivity index is 2.79. The van der Waals surface area contributed by atoms with E-state index in [9.17, 15) is 17.6 Å². The molecule has 5 heteroatoms. The van der Waals surface area contributed by atoms with E-state index in [1.54, 1.807) is 0 Å². The van der Waals surface area contributed by atoms with Crippen molar-refractivity contribution >= 4 is 0 Å². The molecule has 73 valence electrons. The summed E-state index contributed by atoms with van der Waals surface area (Å²) in [5.74, 6) is -0.749. The van der Waals surface area contributed by atoms with Crippen molar-refractivity contribution in [3.05, 3.63) is 30.0 Å². The molecule has 1 rings (SSSR count). The van der Waals surface area contributed by atoms with Gasteiger partial charge in [0, 0.05) is 6.42 Å². The van der Waals surface area contributed by atoms with E-state index in [-0.39, 0.29) is 6.42 Å². The van der Waals surface area contributed by atoms with E-state index in [1.807, 2.05) is 0 Å². The predicted molar refractivity (Wildman–Crippen MR) is 38.3 cm³/mol. The van der Waals surface area contributed by atoms with Crippen LogP contribution in [-0.4, -0.2) is 17.4 Å². The van der Waals surface area contributed by atoms with Gasteiger partial charge in [-0.25, -0.2) is 4.39 Å². The van der Waals surface area contributed by atoms with Crippen LogP contribution in [0.1, 0.15) is 6.42 Å². The second-order valence-electron chi connectivity index (χ2n) is 2.62. The van der Waals surface area contributed by atoms with E-state index in [2.05, 4.69) is 0 Å². The van der Waals surface area contributed by atoms with Crippen LogP contribution in [0.2, 0.25) is 0 Å². The third-order valence-corrected chi connectivity index (χ3v) is 1.60. The highest BCUT2D eigenvalue weighted by Crippen LogP contribution is 2.29. The number of rotatable bonds is 1. The topological polar surface area (TPSA) is 20.2 Å². The third kappa shape index (κ3) is 2.55. The molecule has 1 radical (unpaired) electrons. The molecule has 1 atom stereocenters. The largest absolute Gasteiger partial charge is 0.418 e. The van der Waals surface area contributed by atoms with Gasteiger partial charge in [0.1, 0.15) is 5.83 Å². The number of aliphatic hydroxyl groups excluding tert-OH is 1. The fraction of sp³-hybridized carbons (Fsp3) is 0.375. The van der Waals surface area contributed by atoms with Gasteiger partial charge in [0.05, 0.1) is 0 Å². The molecule has 1 aliphatic carbocycles. The third-order valence-electron chi connectivity index (χ3n) is 1.60. The smallest absolute Gasteiger partial charge is 0.379 e. The molecule has 0 aromatic carbocycles. The lowest BCUT2D eigenvalue weighted by Gasteiger charge is -2.17. The molecule has 1 nitrogen and oxygen atoms in total. The monoisotopic (exact) mass is 195 g/mol. The van der Waals surface area contributed by atoms with Gasteiger partial charge in [-0.3, -0.25) is 0 Å². The first-order chi connectivity index (χ1) is 5.91. The summed E-state index contributed by atoms with van der Waals surface area (Å²) in [5, 5.41) is 8.71. The highest BCUT2D eigenvalue weighted by Gasteiger charge is 2.40. The molecule has 1 N–H and O–H groups in total. The molecule has 0 aromatic heterocycles. The Morgan fingerprint density at radius 2 is 2.00 bits per heavy atom. The summed E-state index contributed by atoms with van der Waals surface area (Å²) in [7, 11) is 0. The Labute approximate surface area is 72.4 Å². The van der Waals surface area contributed by atoms with Gasteiger partial charge in [0.15, 0.2) is 6.10 Å². The van der Waals surface area contributed by atoms with Crippen molar-refractivity contribution in [3.63, 3.8) is 0 Å². The lowest BCUT2D eigenvalue weighted by Crippen LogP contribution is -2.30. The molecule has 0 saturated carbocycles. The first-order valence-corrected chi connectivity index (χ1v) is 3.56. The molecule has 0 saturated heterocycles. The summed E-state index contributed by atoms with van der Waals surface area (Å²) in [6.45, 7) is 0. The summed E-state index contributed by atoms with van der Waals surface area (Å²) in [5.41, 5.74) is -0.437. The van der Waals surface area contributed by atoms with Crippen LogP contribution in [0, 0.1) is 6.42 Å². The quantitative estimate of drug-likeness (QED) is 0.636. The van der Waals surface area contributed by atoms with Crippen molar-refractivity contribution in [1.29, 1.82) is 0 Å². The zero-order valence-electron chi connectivity index (χ0n) is 6.48. The minimum Gasteiger partial charge on any atom is -0.379 e. The van der Waals surface area contributed by atoms with Crippen LogP contribution in [0.25, 0.3) is 0 Å². The predicted octanol–water partition coefficient (Wildman–Crippen LogP) is 2.30. The molecular weight excluding hydrogens is 188 g/mol. The maximum absolute atomic E-state index is 12.5. The molecule has 0 spiro atoms. The normalized spacial score (nSPS) is 20.7. The average molecular weight is 195 g/mol. The SMILES string of the molecule is O[C@H](C1=CC[CH]C(F)=C1)C(F)(F)F. The molecule has 0 heterocycles. The van der Waals surface area contributed by atoms with Crippen LogP contribution in [0.15, 0.2) is 23.6 Å². The van der Waals surface area contributed by atoms with Crippen molar-refractivity contribution < 1.29 is 22.7 Å². The fourth-order valence-electron chi connectivity index (χ4n) is 0.964. The maximum atomic E-state index is 12.5. The molecule has 0 fully saturated rings. The summed E-state index contributed by atoms with van der Waals surface area (Å²) in [6, 6.07) is 0. The minimum absolute atomic E-state index is 0.0742. The zero-order valence-corrected chi connectivity index (χ0v) is 6.48. The van der Waals surface area contributed by atoms with E-state index >= 15 is 0 Å². The van der Waals surface area contributed by atoms with Crippen LogP contribution in [0.3, 0.4) is 0 Å². The Morgan fingerprint density at radius 1 is 1.38 bits per heavy atom. The molecule has 0 unspecified atom stereocenters. The van der Waals surface area contributed by atoms with E-state index in [0.29, 0.717) is 6.08 Å². The first kappa shape index (κ1) is 10.2. The highest BCUT2D eigenvalue weighted by molar-refractivity contribution is 5.33. The number of hydrogen-bond acceptors (Lipinski definition) is 1. The molecular formula is C8H7F4O. The Hall–Kier alpha value is -0.840. The molecule has 0 aromatic rings. The van der Waals surface area contributed by atoms with Gasteiger partial charge in [0.25, 0.3) is 0 Å². The van der Waals surface area contributed by atoms with Crippen molar-refractivity contribution in [2.45, 2.75) is 18.7 Å². The van der Waals surface area contributed by atoms with Crippen LogP contribution < -0.4 is 0 Å². The Bertz CT molecular complexity index is 251. The van der Waals surface area contributed by atoms with Gasteiger partial charge in [-0.05, 0) is 18.1 Å². The standard InChI is InChI=1S/C8H7F4O/c9-6-3-1-2-5(4-6)7(13)8(10,11)12/h2-4,7,13H,1H2/t7-/m1/s1. The molecule has 0 bridgehead atoms. The molecule has 0 aliphatic heterocycles. The first-order valence-electron chi connectivity index (χ1n) is 3.56. The lowest BCUT2D eigenvalue weighted by molar-refractivity contribution is -0.190. The second-order valence-corrected chi connectivity index (χ2v) is 2.62. The van der Waals surface area contributed by atoms with Crippen LogP contribution in [0.4, 0.5) is 17.6 Å². The number of hydrogen-bond donors (Lipinski definition) is 1. The fourth-order valence-corrected chi connectivity index (χ4v) is 0.964. The van der Waals surface area contributed by atoms with Crippen molar-refractivity contribution in [2.24, 2.45) is 0 Å². The number of halogens is 4. The van der Waals surface area contributed by atoms with Crippen molar-refractivity contribution in [2.75, 3.05) is 0 Å². The highest BCUT2D eigenvalue weighted by atomic mass is 19.4. The van der Waals surface area contributed by atoms with Crippen LogP contribution >= 0.6 is 0 Å². The van der Waals surface area contributed by atoms with E-state index < -0.39 is 23.7 Å². The van der Waals surface area contributed by atoms with Crippen molar-refractivity contribution in [1.82, 2.24) is 0 Å². The summed E-state index contributed by atoms with van der Waals surface area (Å²) in [6.07, 6.45) is -4.30. The Kier molecular flexibility index (Phi) is 2.75. The van der Waals surface area contributed by atoms with E-state index in [1.165, 1.54) is 0 Å². The molecule has 0 amide bonds.